The summed E-state index contributed by atoms with van der Waals surface area (Å²) in [5.41, 5.74) is 2.21. The van der Waals surface area contributed by atoms with Crippen LogP contribution in [0.15, 0.2) is 18.2 Å². The molecule has 0 atom stereocenters. The Kier molecular flexibility index (Phi) is 3.42. The maximum absolute atomic E-state index is 5.08. The second kappa shape index (κ2) is 4.36. The third-order valence-corrected chi connectivity index (χ3v) is 1.89. The number of aryl methyl sites for hydroxylation is 1. The average molecular weight is 272 g/mol. The molecule has 0 amide bonds. The highest BCUT2D eigenvalue weighted by atomic mass is 127. The molecule has 1 aromatic carbocycles. The van der Waals surface area contributed by atoms with Gasteiger partial charge in [-0.05, 0) is 34.6 Å². The number of ether oxygens (including phenoxy) is 1. The maximum Gasteiger partial charge on any atom is 0.119 e. The van der Waals surface area contributed by atoms with Crippen LogP contribution in [0.3, 0.4) is 0 Å². The van der Waals surface area contributed by atoms with Gasteiger partial charge < -0.3 is 4.74 Å². The van der Waals surface area contributed by atoms with Gasteiger partial charge in [0.2, 0.25) is 0 Å². The van der Waals surface area contributed by atoms with Crippen molar-refractivity contribution in [1.82, 2.24) is 0 Å². The second-order valence-corrected chi connectivity index (χ2v) is 2.94. The van der Waals surface area contributed by atoms with E-state index in [-0.39, 0.29) is 0 Å². The van der Waals surface area contributed by atoms with E-state index in [4.69, 9.17) is 4.74 Å². The highest BCUT2D eigenvalue weighted by Crippen LogP contribution is 2.15. The molecule has 2 heteroatoms. The zero-order valence-electron chi connectivity index (χ0n) is 7.02. The average Bonchev–Trinajstić information content (AvgIpc) is 2.09. The Morgan fingerprint density at radius 3 is 2.67 bits per heavy atom. The smallest absolute Gasteiger partial charge is 0.119 e. The van der Waals surface area contributed by atoms with Gasteiger partial charge in [0.15, 0.2) is 0 Å². The normalized spacial score (nSPS) is 8.58. The Hall–Kier alpha value is -0.690. The molecule has 12 heavy (non-hydrogen) atoms. The molecule has 1 aromatic rings. The number of hydrogen-bond donors (Lipinski definition) is 0. The highest BCUT2D eigenvalue weighted by Gasteiger charge is 1.96. The fourth-order valence-corrected chi connectivity index (χ4v) is 1.24. The molecule has 0 unspecified atom stereocenters. The van der Waals surface area contributed by atoms with E-state index in [1.165, 1.54) is 0 Å². The minimum Gasteiger partial charge on any atom is -0.497 e. The first-order chi connectivity index (χ1) is 5.77. The lowest BCUT2D eigenvalue weighted by molar-refractivity contribution is 0.414. The molecule has 0 aliphatic rings. The molecule has 0 heterocycles. The summed E-state index contributed by atoms with van der Waals surface area (Å²) < 4.78 is 7.92. The lowest BCUT2D eigenvalue weighted by atomic mass is 10.1. The zero-order valence-corrected chi connectivity index (χ0v) is 9.18. The van der Waals surface area contributed by atoms with Crippen molar-refractivity contribution in [3.63, 3.8) is 0 Å². The lowest BCUT2D eigenvalue weighted by Crippen LogP contribution is -1.86. The quantitative estimate of drug-likeness (QED) is 0.564. The summed E-state index contributed by atoms with van der Waals surface area (Å²) in [4.78, 5) is 0. The molecular formula is C10H9IO. The molecule has 0 saturated carbocycles. The van der Waals surface area contributed by atoms with Gasteiger partial charge in [-0.3, -0.25) is 0 Å². The molecule has 1 rings (SSSR count). The van der Waals surface area contributed by atoms with Gasteiger partial charge >= 0.3 is 0 Å². The van der Waals surface area contributed by atoms with Crippen molar-refractivity contribution < 1.29 is 4.74 Å². The van der Waals surface area contributed by atoms with Crippen molar-refractivity contribution in [2.24, 2.45) is 0 Å². The Labute approximate surface area is 86.3 Å². The third kappa shape index (κ3) is 2.15. The summed E-state index contributed by atoms with van der Waals surface area (Å²) >= 11 is 2.03. The number of halogens is 1. The molecule has 0 saturated heterocycles. The highest BCUT2D eigenvalue weighted by molar-refractivity contribution is 14.1. The van der Waals surface area contributed by atoms with Crippen molar-refractivity contribution in [3.8, 4) is 15.6 Å². The zero-order chi connectivity index (χ0) is 8.97. The number of benzene rings is 1. The van der Waals surface area contributed by atoms with E-state index in [0.29, 0.717) is 0 Å². The van der Waals surface area contributed by atoms with Crippen LogP contribution in [0.4, 0.5) is 0 Å². The van der Waals surface area contributed by atoms with E-state index in [1.807, 2.05) is 47.7 Å². The molecule has 0 bridgehead atoms. The second-order valence-electron chi connectivity index (χ2n) is 2.40. The van der Waals surface area contributed by atoms with E-state index in [9.17, 15) is 0 Å². The number of rotatable bonds is 1. The largest absolute Gasteiger partial charge is 0.497 e. The summed E-state index contributed by atoms with van der Waals surface area (Å²) in [6.45, 7) is 2.03. The van der Waals surface area contributed by atoms with Crippen LogP contribution in [0.25, 0.3) is 0 Å². The van der Waals surface area contributed by atoms with Gasteiger partial charge in [-0.1, -0.05) is 5.92 Å². The Morgan fingerprint density at radius 2 is 2.17 bits per heavy atom. The molecule has 0 fully saturated rings. The molecule has 0 N–H and O–H groups in total. The fraction of sp³-hybridized carbons (Fsp3) is 0.200. The van der Waals surface area contributed by atoms with Crippen LogP contribution in [0, 0.1) is 16.8 Å². The van der Waals surface area contributed by atoms with E-state index < -0.39 is 0 Å². The first kappa shape index (κ1) is 9.40. The molecule has 0 aliphatic carbocycles. The van der Waals surface area contributed by atoms with E-state index in [2.05, 4.69) is 9.85 Å². The van der Waals surface area contributed by atoms with E-state index >= 15 is 0 Å². The Morgan fingerprint density at radius 1 is 1.42 bits per heavy atom. The van der Waals surface area contributed by atoms with Crippen LogP contribution in [0.2, 0.25) is 0 Å². The summed E-state index contributed by atoms with van der Waals surface area (Å²) in [6.07, 6.45) is 0. The van der Waals surface area contributed by atoms with Gasteiger partial charge in [0.25, 0.3) is 0 Å². The van der Waals surface area contributed by atoms with E-state index in [0.717, 1.165) is 16.9 Å². The summed E-state index contributed by atoms with van der Waals surface area (Å²) in [5, 5.41) is 0. The van der Waals surface area contributed by atoms with Crippen LogP contribution in [-0.2, 0) is 0 Å². The summed E-state index contributed by atoms with van der Waals surface area (Å²) in [5.74, 6) is 3.89. The van der Waals surface area contributed by atoms with Gasteiger partial charge in [-0.15, -0.1) is 0 Å². The SMILES string of the molecule is COc1ccc(C#CI)c(C)c1. The van der Waals surface area contributed by atoms with Crippen LogP contribution < -0.4 is 4.74 Å². The number of hydrogen-bond acceptors (Lipinski definition) is 1. The molecule has 0 aromatic heterocycles. The van der Waals surface area contributed by atoms with Gasteiger partial charge in [0.1, 0.15) is 5.75 Å². The maximum atomic E-state index is 5.08. The van der Waals surface area contributed by atoms with Crippen LogP contribution in [0.5, 0.6) is 5.75 Å². The minimum absolute atomic E-state index is 0.881. The molecular weight excluding hydrogens is 263 g/mol. The first-order valence-corrected chi connectivity index (χ1v) is 4.62. The van der Waals surface area contributed by atoms with Crippen LogP contribution >= 0.6 is 22.6 Å². The predicted molar refractivity (Wildman–Crippen MR) is 58.6 cm³/mol. The lowest BCUT2D eigenvalue weighted by Gasteiger charge is -2.01. The van der Waals surface area contributed by atoms with Gasteiger partial charge in [0.05, 0.1) is 7.11 Å². The molecule has 1 nitrogen and oxygen atoms in total. The fourth-order valence-electron chi connectivity index (χ4n) is 0.954. The van der Waals surface area contributed by atoms with E-state index in [1.54, 1.807) is 7.11 Å². The Bertz CT molecular complexity index is 333. The minimum atomic E-state index is 0.881. The van der Waals surface area contributed by atoms with Crippen molar-refractivity contribution in [2.75, 3.05) is 7.11 Å². The predicted octanol–water partition coefficient (Wildman–Crippen LogP) is 2.75. The Balaban J connectivity index is 3.09. The molecule has 0 aliphatic heterocycles. The first-order valence-electron chi connectivity index (χ1n) is 3.54. The standard InChI is InChI=1S/C10H9IO/c1-8-7-10(12-2)4-3-9(8)5-6-11/h3-4,7H,1-2H3. The summed E-state index contributed by atoms with van der Waals surface area (Å²) in [7, 11) is 1.67. The monoisotopic (exact) mass is 272 g/mol. The van der Waals surface area contributed by atoms with Gasteiger partial charge in [-0.25, -0.2) is 0 Å². The van der Waals surface area contributed by atoms with Crippen molar-refractivity contribution in [2.45, 2.75) is 6.92 Å². The van der Waals surface area contributed by atoms with Crippen molar-refractivity contribution in [3.05, 3.63) is 29.3 Å². The van der Waals surface area contributed by atoms with Gasteiger partial charge in [0, 0.05) is 28.2 Å². The van der Waals surface area contributed by atoms with Crippen molar-refractivity contribution >= 4 is 22.6 Å². The van der Waals surface area contributed by atoms with Crippen molar-refractivity contribution in [1.29, 1.82) is 0 Å². The third-order valence-electron chi connectivity index (χ3n) is 1.62. The molecule has 62 valence electrons. The van der Waals surface area contributed by atoms with Gasteiger partial charge in [-0.2, -0.15) is 0 Å². The van der Waals surface area contributed by atoms with Crippen LogP contribution in [-0.4, -0.2) is 7.11 Å². The topological polar surface area (TPSA) is 9.23 Å². The molecule has 0 radical (unpaired) electrons. The summed E-state index contributed by atoms with van der Waals surface area (Å²) in [6, 6.07) is 5.87. The number of methoxy groups -OCH3 is 1. The molecule has 0 spiro atoms. The van der Waals surface area contributed by atoms with Crippen LogP contribution in [0.1, 0.15) is 11.1 Å².